The number of hydrogen-bond donors (Lipinski definition) is 0. The predicted octanol–water partition coefficient (Wildman–Crippen LogP) is 5.27. The molecule has 0 saturated carbocycles. The van der Waals surface area contributed by atoms with Crippen LogP contribution < -0.4 is 0 Å². The molecule has 2 fully saturated rings. The highest BCUT2D eigenvalue weighted by atomic mass is 35.5. The van der Waals surface area contributed by atoms with Gasteiger partial charge in [-0.05, 0) is 69.0 Å². The van der Waals surface area contributed by atoms with Crippen LogP contribution in [0.25, 0.3) is 5.82 Å². The number of aryl methyl sites for hydroxylation is 1. The number of pyridine rings is 1. The fraction of sp³-hybridized carbons (Fsp3) is 0.480. The van der Waals surface area contributed by atoms with Crippen molar-refractivity contribution in [3.05, 3.63) is 64.8 Å². The minimum atomic E-state index is 0.347. The first-order valence-corrected chi connectivity index (χ1v) is 13.1. The number of rotatable bonds is 7. The van der Waals surface area contributed by atoms with Gasteiger partial charge in [0.05, 0.1) is 16.8 Å². The van der Waals surface area contributed by atoms with E-state index in [2.05, 4.69) is 44.7 Å². The monoisotopic (exact) mass is 483 g/mol. The molecule has 0 radical (unpaired) electrons. The van der Waals surface area contributed by atoms with Crippen LogP contribution in [-0.4, -0.2) is 56.0 Å². The third kappa shape index (κ3) is 5.60. The van der Waals surface area contributed by atoms with Crippen molar-refractivity contribution in [1.82, 2.24) is 24.4 Å². The molecule has 0 bridgehead atoms. The van der Waals surface area contributed by atoms with Gasteiger partial charge < -0.3 is 9.30 Å². The summed E-state index contributed by atoms with van der Waals surface area (Å²) in [5.74, 6) is 2.27. The Morgan fingerprint density at radius 3 is 2.91 bits per heavy atom. The maximum Gasteiger partial charge on any atom is 0.187 e. The van der Waals surface area contributed by atoms with Crippen molar-refractivity contribution in [3.8, 4) is 5.82 Å². The van der Waals surface area contributed by atoms with Gasteiger partial charge >= 0.3 is 0 Å². The number of hydrogen-bond acceptors (Lipinski definition) is 6. The number of likely N-dealkylation sites (tertiary alicyclic amines) is 1. The van der Waals surface area contributed by atoms with Crippen molar-refractivity contribution < 1.29 is 4.74 Å². The summed E-state index contributed by atoms with van der Waals surface area (Å²) in [6.45, 7) is 6.02. The third-order valence-corrected chi connectivity index (χ3v) is 7.70. The van der Waals surface area contributed by atoms with Gasteiger partial charge in [-0.1, -0.05) is 23.4 Å². The van der Waals surface area contributed by atoms with Crippen molar-refractivity contribution in [2.45, 2.75) is 56.3 Å². The molecule has 174 valence electrons. The van der Waals surface area contributed by atoms with E-state index in [9.17, 15) is 0 Å². The van der Waals surface area contributed by atoms with Crippen molar-refractivity contribution in [1.29, 1.82) is 0 Å². The minimum absolute atomic E-state index is 0.347. The molecule has 5 heterocycles. The van der Waals surface area contributed by atoms with Gasteiger partial charge in [-0.15, -0.1) is 0 Å². The number of ether oxygens (including phenoxy) is 1. The fourth-order valence-corrected chi connectivity index (χ4v) is 5.79. The Balaban J connectivity index is 1.26. The van der Waals surface area contributed by atoms with E-state index in [1.165, 1.54) is 36.2 Å². The van der Waals surface area contributed by atoms with Gasteiger partial charge in [0.2, 0.25) is 0 Å². The zero-order chi connectivity index (χ0) is 22.6. The van der Waals surface area contributed by atoms with Crippen LogP contribution in [0.1, 0.15) is 48.6 Å². The Kier molecular flexibility index (Phi) is 7.30. The van der Waals surface area contributed by atoms with Crippen LogP contribution in [0.5, 0.6) is 0 Å². The standard InChI is InChI=1S/C25H30ClN5OS/c1-18-13-28-25(33-17-22-7-4-12-32-22)29-24(18)19-5-2-10-30(15-19)16-21-6-3-11-31(21)23-9-8-20(26)14-27-23/h3,6,8-9,11,13-14,19,22H,2,4-5,7,10,12,15-17H2,1H3/t19-,22-/m0/s1. The van der Waals surface area contributed by atoms with E-state index in [-0.39, 0.29) is 0 Å². The molecule has 0 aromatic carbocycles. The van der Waals surface area contributed by atoms with E-state index in [0.29, 0.717) is 17.0 Å². The SMILES string of the molecule is Cc1cnc(SC[C@@H]2CCCO2)nc1[C@H]1CCCN(Cc2cccn2-c2ccc(Cl)cn2)C1. The molecule has 6 nitrogen and oxygen atoms in total. The smallest absolute Gasteiger partial charge is 0.187 e. The summed E-state index contributed by atoms with van der Waals surface area (Å²) in [6.07, 6.45) is 10.8. The van der Waals surface area contributed by atoms with E-state index in [1.807, 2.05) is 18.3 Å². The Labute approximate surface area is 204 Å². The van der Waals surface area contributed by atoms with Gasteiger partial charge in [-0.2, -0.15) is 0 Å². The molecular formula is C25H30ClN5OS. The Hall–Kier alpha value is -1.93. The minimum Gasteiger partial charge on any atom is -0.377 e. The van der Waals surface area contributed by atoms with Crippen molar-refractivity contribution >= 4 is 23.4 Å². The van der Waals surface area contributed by atoms with Gasteiger partial charge in [-0.25, -0.2) is 15.0 Å². The molecule has 33 heavy (non-hydrogen) atoms. The average Bonchev–Trinajstić information content (AvgIpc) is 3.52. The van der Waals surface area contributed by atoms with Crippen molar-refractivity contribution in [3.63, 3.8) is 0 Å². The molecule has 2 aliphatic heterocycles. The van der Waals surface area contributed by atoms with Gasteiger partial charge in [0, 0.05) is 55.7 Å². The van der Waals surface area contributed by atoms with Gasteiger partial charge in [0.15, 0.2) is 5.16 Å². The first kappa shape index (κ1) is 22.8. The van der Waals surface area contributed by atoms with Crippen LogP contribution in [0.2, 0.25) is 5.02 Å². The normalized spacial score (nSPS) is 21.5. The number of aromatic nitrogens is 4. The summed E-state index contributed by atoms with van der Waals surface area (Å²) in [5.41, 5.74) is 3.63. The summed E-state index contributed by atoms with van der Waals surface area (Å²) < 4.78 is 7.91. The predicted molar refractivity (Wildman–Crippen MR) is 132 cm³/mol. The lowest BCUT2D eigenvalue weighted by Gasteiger charge is -2.33. The van der Waals surface area contributed by atoms with Crippen LogP contribution in [0.15, 0.2) is 48.0 Å². The van der Waals surface area contributed by atoms with Crippen LogP contribution in [-0.2, 0) is 11.3 Å². The Bertz CT molecular complexity index is 1070. The number of piperidine rings is 1. The van der Waals surface area contributed by atoms with Crippen molar-refractivity contribution in [2.24, 2.45) is 0 Å². The highest BCUT2D eigenvalue weighted by Crippen LogP contribution is 2.30. The van der Waals surface area contributed by atoms with E-state index >= 15 is 0 Å². The molecule has 8 heteroatoms. The second kappa shape index (κ2) is 10.6. The largest absolute Gasteiger partial charge is 0.377 e. The fourth-order valence-electron chi connectivity index (χ4n) is 4.79. The third-order valence-electron chi connectivity index (χ3n) is 6.48. The molecular weight excluding hydrogens is 454 g/mol. The van der Waals surface area contributed by atoms with Gasteiger partial charge in [0.1, 0.15) is 5.82 Å². The summed E-state index contributed by atoms with van der Waals surface area (Å²) >= 11 is 7.75. The first-order chi connectivity index (χ1) is 16.2. The zero-order valence-electron chi connectivity index (χ0n) is 19.0. The van der Waals surface area contributed by atoms with E-state index in [4.69, 9.17) is 21.3 Å². The topological polar surface area (TPSA) is 56.1 Å². The molecule has 0 amide bonds. The molecule has 5 rings (SSSR count). The summed E-state index contributed by atoms with van der Waals surface area (Å²) in [5, 5.41) is 1.53. The summed E-state index contributed by atoms with van der Waals surface area (Å²) in [4.78, 5) is 16.6. The number of thioether (sulfide) groups is 1. The van der Waals surface area contributed by atoms with Crippen LogP contribution in [0.3, 0.4) is 0 Å². The van der Waals surface area contributed by atoms with E-state index in [1.54, 1.807) is 18.0 Å². The average molecular weight is 484 g/mol. The molecule has 2 saturated heterocycles. The molecule has 2 atom stereocenters. The van der Waals surface area contributed by atoms with Crippen LogP contribution in [0.4, 0.5) is 0 Å². The lowest BCUT2D eigenvalue weighted by Crippen LogP contribution is -2.35. The Morgan fingerprint density at radius 2 is 2.09 bits per heavy atom. The zero-order valence-corrected chi connectivity index (χ0v) is 20.6. The maximum absolute atomic E-state index is 6.02. The number of nitrogens with zero attached hydrogens (tertiary/aromatic N) is 5. The van der Waals surface area contributed by atoms with Gasteiger partial charge in [0.25, 0.3) is 0 Å². The summed E-state index contributed by atoms with van der Waals surface area (Å²) in [6, 6.07) is 8.11. The molecule has 0 aliphatic carbocycles. The highest BCUT2D eigenvalue weighted by Gasteiger charge is 2.25. The lowest BCUT2D eigenvalue weighted by molar-refractivity contribution is 0.129. The molecule has 0 N–H and O–H groups in total. The van der Waals surface area contributed by atoms with Crippen LogP contribution >= 0.6 is 23.4 Å². The van der Waals surface area contributed by atoms with Crippen LogP contribution in [0, 0.1) is 6.92 Å². The second-order valence-electron chi connectivity index (χ2n) is 8.95. The maximum atomic E-state index is 6.02. The summed E-state index contributed by atoms with van der Waals surface area (Å²) in [7, 11) is 0. The quantitative estimate of drug-likeness (QED) is 0.337. The molecule has 3 aromatic rings. The lowest BCUT2D eigenvalue weighted by atomic mass is 9.92. The number of halogens is 1. The molecule has 2 aliphatic rings. The van der Waals surface area contributed by atoms with E-state index in [0.717, 1.165) is 49.4 Å². The Morgan fingerprint density at radius 1 is 1.15 bits per heavy atom. The molecule has 0 spiro atoms. The molecule has 3 aromatic heterocycles. The highest BCUT2D eigenvalue weighted by molar-refractivity contribution is 7.99. The van der Waals surface area contributed by atoms with Gasteiger partial charge in [-0.3, -0.25) is 4.90 Å². The molecule has 0 unspecified atom stereocenters. The van der Waals surface area contributed by atoms with E-state index < -0.39 is 0 Å². The second-order valence-corrected chi connectivity index (χ2v) is 10.4. The first-order valence-electron chi connectivity index (χ1n) is 11.7. The van der Waals surface area contributed by atoms with Crippen molar-refractivity contribution in [2.75, 3.05) is 25.4 Å².